The van der Waals surface area contributed by atoms with E-state index in [9.17, 15) is 10.2 Å². The van der Waals surface area contributed by atoms with E-state index in [4.69, 9.17) is 14.2 Å². The van der Waals surface area contributed by atoms with Crippen molar-refractivity contribution >= 4 is 0 Å². The summed E-state index contributed by atoms with van der Waals surface area (Å²) in [6, 6.07) is 0. The van der Waals surface area contributed by atoms with Gasteiger partial charge in [0.1, 0.15) is 18.3 Å². The van der Waals surface area contributed by atoms with E-state index in [-0.39, 0.29) is 12.2 Å². The molecule has 0 unspecified atom stereocenters. The van der Waals surface area contributed by atoms with Crippen molar-refractivity contribution < 1.29 is 24.4 Å². The molecule has 3 atom stereocenters. The lowest BCUT2D eigenvalue weighted by Gasteiger charge is -2.39. The summed E-state index contributed by atoms with van der Waals surface area (Å²) in [7, 11) is 0. The van der Waals surface area contributed by atoms with Crippen LogP contribution in [-0.4, -0.2) is 53.1 Å². The largest absolute Gasteiger partial charge is 0.386 e. The van der Waals surface area contributed by atoms with Crippen molar-refractivity contribution in [1.82, 2.24) is 0 Å². The zero-order valence-electron chi connectivity index (χ0n) is 11.2. The van der Waals surface area contributed by atoms with E-state index in [2.05, 4.69) is 0 Å². The zero-order valence-corrected chi connectivity index (χ0v) is 11.2. The van der Waals surface area contributed by atoms with Crippen molar-refractivity contribution in [3.05, 3.63) is 23.8 Å². The predicted octanol–water partition coefficient (Wildman–Crippen LogP) is 0.515. The van der Waals surface area contributed by atoms with E-state index in [0.717, 1.165) is 12.0 Å². The lowest BCUT2D eigenvalue weighted by molar-refractivity contribution is -0.252. The van der Waals surface area contributed by atoms with Gasteiger partial charge in [-0.3, -0.25) is 0 Å². The van der Waals surface area contributed by atoms with Crippen LogP contribution in [0.2, 0.25) is 0 Å². The molecule has 0 saturated carbocycles. The van der Waals surface area contributed by atoms with Crippen LogP contribution in [0.5, 0.6) is 0 Å². The minimum Gasteiger partial charge on any atom is -0.386 e. The monoisotopic (exact) mass is 268 g/mol. The molecule has 5 heteroatoms. The molecule has 19 heavy (non-hydrogen) atoms. The normalized spacial score (nSPS) is 37.3. The highest BCUT2D eigenvalue weighted by Crippen LogP contribution is 2.48. The quantitative estimate of drug-likeness (QED) is 0.714. The van der Waals surface area contributed by atoms with Crippen LogP contribution in [0.15, 0.2) is 23.8 Å². The molecule has 2 heterocycles. The van der Waals surface area contributed by atoms with Gasteiger partial charge in [0.15, 0.2) is 0 Å². The van der Waals surface area contributed by atoms with E-state index in [0.29, 0.717) is 13.2 Å². The molecule has 0 radical (unpaired) electrons. The minimum absolute atomic E-state index is 0.239. The van der Waals surface area contributed by atoms with Crippen LogP contribution in [0.25, 0.3) is 0 Å². The van der Waals surface area contributed by atoms with Crippen LogP contribution < -0.4 is 0 Å². The highest BCUT2D eigenvalue weighted by Gasteiger charge is 2.64. The molecule has 0 bridgehead atoms. The number of fused-ring (bicyclic) bond motifs is 2. The van der Waals surface area contributed by atoms with Crippen molar-refractivity contribution in [2.75, 3.05) is 13.2 Å². The van der Waals surface area contributed by atoms with Crippen LogP contribution in [0, 0.1) is 0 Å². The fraction of sp³-hybridized carbons (Fsp3) is 0.714. The number of epoxide rings is 1. The Morgan fingerprint density at radius 1 is 1.37 bits per heavy atom. The molecule has 1 aliphatic carbocycles. The Morgan fingerprint density at radius 2 is 2.05 bits per heavy atom. The third-order valence-corrected chi connectivity index (χ3v) is 3.58. The molecule has 5 nitrogen and oxygen atoms in total. The maximum Gasteiger partial charge on any atom is 0.224 e. The number of aliphatic hydroxyl groups excluding tert-OH is 1. The van der Waals surface area contributed by atoms with E-state index < -0.39 is 17.5 Å². The Hall–Kier alpha value is -0.720. The van der Waals surface area contributed by atoms with E-state index in [1.807, 2.05) is 0 Å². The number of rotatable bonds is 2. The highest BCUT2D eigenvalue weighted by molar-refractivity contribution is 5.38. The first-order chi connectivity index (χ1) is 8.92. The molecular formula is C14H20O5. The summed E-state index contributed by atoms with van der Waals surface area (Å²) in [5.41, 5.74) is -0.205. The van der Waals surface area contributed by atoms with Crippen LogP contribution in [-0.2, 0) is 14.2 Å². The molecule has 0 aromatic carbocycles. The summed E-state index contributed by atoms with van der Waals surface area (Å²) in [6.45, 7) is 4.59. The maximum atomic E-state index is 9.92. The topological polar surface area (TPSA) is 71.5 Å². The van der Waals surface area contributed by atoms with Crippen LogP contribution >= 0.6 is 0 Å². The Balaban J connectivity index is 1.91. The molecule has 3 aliphatic rings. The summed E-state index contributed by atoms with van der Waals surface area (Å²) in [6.07, 6.45) is 4.83. The maximum absolute atomic E-state index is 9.92. The lowest BCUT2D eigenvalue weighted by Crippen LogP contribution is -2.51. The Bertz CT molecular complexity index is 414. The fourth-order valence-corrected chi connectivity index (χ4v) is 2.59. The molecule has 3 rings (SSSR count). The fourth-order valence-electron chi connectivity index (χ4n) is 2.59. The van der Waals surface area contributed by atoms with Gasteiger partial charge in [-0.05, 0) is 26.3 Å². The third-order valence-electron chi connectivity index (χ3n) is 3.58. The Labute approximate surface area is 112 Å². The van der Waals surface area contributed by atoms with Gasteiger partial charge in [-0.15, -0.1) is 0 Å². The van der Waals surface area contributed by atoms with Crippen LogP contribution in [0.4, 0.5) is 0 Å². The molecular weight excluding hydrogens is 248 g/mol. The molecule has 2 saturated heterocycles. The standard InChI is InChI=1S/C14H20O5/c1-13(2,16)5-4-9-8-10(15)11-12(19-11)14(9)17-6-3-7-18-14/h4-5,8,10-12,15-16H,3,6-7H2,1-2H3/b5-4+/t10-,11+,12+/m1/s1. The van der Waals surface area contributed by atoms with Crippen molar-refractivity contribution in [3.8, 4) is 0 Å². The summed E-state index contributed by atoms with van der Waals surface area (Å²) in [5.74, 6) is -0.913. The molecule has 0 amide bonds. The molecule has 106 valence electrons. The lowest BCUT2D eigenvalue weighted by atomic mass is 9.89. The van der Waals surface area contributed by atoms with Gasteiger partial charge in [-0.25, -0.2) is 0 Å². The first-order valence-electron chi connectivity index (χ1n) is 6.68. The highest BCUT2D eigenvalue weighted by atomic mass is 16.8. The smallest absolute Gasteiger partial charge is 0.224 e. The van der Waals surface area contributed by atoms with E-state index in [1.54, 1.807) is 32.1 Å². The zero-order chi connectivity index (χ0) is 13.7. The summed E-state index contributed by atoms with van der Waals surface area (Å²) in [5, 5.41) is 19.7. The number of aliphatic hydroxyl groups is 2. The van der Waals surface area contributed by atoms with Gasteiger partial charge in [0.05, 0.1) is 18.8 Å². The minimum atomic E-state index is -0.928. The Kier molecular flexibility index (Phi) is 3.07. The summed E-state index contributed by atoms with van der Waals surface area (Å²) >= 11 is 0. The van der Waals surface area contributed by atoms with Crippen molar-refractivity contribution in [3.63, 3.8) is 0 Å². The van der Waals surface area contributed by atoms with Crippen LogP contribution in [0.3, 0.4) is 0 Å². The van der Waals surface area contributed by atoms with Gasteiger partial charge in [-0.2, -0.15) is 0 Å². The molecule has 0 aromatic rings. The molecule has 2 N–H and O–H groups in total. The SMILES string of the molecule is CC(C)(O)/C=C/C1=C[C@@H](O)[C@@H]2O[C@@H]2C12OCCCO2. The average molecular weight is 268 g/mol. The summed E-state index contributed by atoms with van der Waals surface area (Å²) in [4.78, 5) is 0. The van der Waals surface area contributed by atoms with Gasteiger partial charge >= 0.3 is 0 Å². The number of hydrogen-bond acceptors (Lipinski definition) is 5. The first-order valence-corrected chi connectivity index (χ1v) is 6.68. The van der Waals surface area contributed by atoms with Gasteiger partial charge in [0.25, 0.3) is 0 Å². The predicted molar refractivity (Wildman–Crippen MR) is 67.4 cm³/mol. The molecule has 1 spiro atoms. The summed E-state index contributed by atoms with van der Waals surface area (Å²) < 4.78 is 17.2. The molecule has 2 aliphatic heterocycles. The second-order valence-electron chi connectivity index (χ2n) is 5.84. The van der Waals surface area contributed by atoms with Gasteiger partial charge in [0, 0.05) is 5.57 Å². The van der Waals surface area contributed by atoms with Gasteiger partial charge < -0.3 is 24.4 Å². The second kappa shape index (κ2) is 4.40. The van der Waals surface area contributed by atoms with Crippen molar-refractivity contribution in [1.29, 1.82) is 0 Å². The first kappa shape index (κ1) is 13.3. The van der Waals surface area contributed by atoms with Crippen molar-refractivity contribution in [2.24, 2.45) is 0 Å². The van der Waals surface area contributed by atoms with E-state index in [1.165, 1.54) is 0 Å². The van der Waals surface area contributed by atoms with E-state index >= 15 is 0 Å². The van der Waals surface area contributed by atoms with Gasteiger partial charge in [-0.1, -0.05) is 12.2 Å². The average Bonchev–Trinajstić information content (AvgIpc) is 3.14. The van der Waals surface area contributed by atoms with Gasteiger partial charge in [0.2, 0.25) is 5.79 Å². The second-order valence-corrected chi connectivity index (χ2v) is 5.84. The Morgan fingerprint density at radius 3 is 2.68 bits per heavy atom. The molecule has 2 fully saturated rings. The molecule has 0 aromatic heterocycles. The third kappa shape index (κ3) is 2.37. The van der Waals surface area contributed by atoms with Crippen LogP contribution in [0.1, 0.15) is 20.3 Å². The number of hydrogen-bond donors (Lipinski definition) is 2. The van der Waals surface area contributed by atoms with Crippen molar-refractivity contribution in [2.45, 2.75) is 50.0 Å². The number of ether oxygens (including phenoxy) is 3.